The van der Waals surface area contributed by atoms with Crippen LogP contribution in [0.5, 0.6) is 11.5 Å². The Morgan fingerprint density at radius 2 is 1.00 bits per heavy atom. The third kappa shape index (κ3) is 2.88. The zero-order valence-electron chi connectivity index (χ0n) is 14.4. The summed E-state index contributed by atoms with van der Waals surface area (Å²) in [6.07, 6.45) is 0.932. The van der Waals surface area contributed by atoms with Gasteiger partial charge in [0.25, 0.3) is 0 Å². The van der Waals surface area contributed by atoms with Gasteiger partial charge in [-0.05, 0) is 35.2 Å². The van der Waals surface area contributed by atoms with Crippen molar-refractivity contribution >= 4 is 0 Å². The molecule has 0 atom stereocenters. The van der Waals surface area contributed by atoms with Crippen LogP contribution >= 0.6 is 0 Å². The van der Waals surface area contributed by atoms with Crippen LogP contribution in [0.4, 0.5) is 0 Å². The van der Waals surface area contributed by atoms with E-state index in [1.165, 1.54) is 16.7 Å². The Balaban J connectivity index is 2.24. The fourth-order valence-corrected chi connectivity index (χ4v) is 3.21. The molecule has 2 heteroatoms. The molecule has 0 saturated carbocycles. The van der Waals surface area contributed by atoms with Crippen molar-refractivity contribution in [2.45, 2.75) is 13.3 Å². The summed E-state index contributed by atoms with van der Waals surface area (Å²) >= 11 is 0. The van der Waals surface area contributed by atoms with Gasteiger partial charge in [-0.25, -0.2) is 0 Å². The van der Waals surface area contributed by atoms with E-state index >= 15 is 0 Å². The maximum absolute atomic E-state index is 5.57. The van der Waals surface area contributed by atoms with Crippen LogP contribution in [0.1, 0.15) is 12.5 Å². The quantitative estimate of drug-likeness (QED) is 0.609. The summed E-state index contributed by atoms with van der Waals surface area (Å²) in [6, 6.07) is 22.7. The molecule has 0 bridgehead atoms. The first-order valence-electron chi connectivity index (χ1n) is 8.18. The van der Waals surface area contributed by atoms with Crippen molar-refractivity contribution in [3.63, 3.8) is 0 Å². The molecular weight excluding hydrogens is 296 g/mol. The smallest absolute Gasteiger partial charge is 0.126 e. The lowest BCUT2D eigenvalue weighted by molar-refractivity contribution is 0.416. The normalized spacial score (nSPS) is 10.5. The highest BCUT2D eigenvalue weighted by molar-refractivity contribution is 5.83. The van der Waals surface area contributed by atoms with Crippen molar-refractivity contribution in [1.29, 1.82) is 0 Å². The molecule has 0 amide bonds. The highest BCUT2D eigenvalue weighted by atomic mass is 16.5. The minimum Gasteiger partial charge on any atom is -0.496 e. The van der Waals surface area contributed by atoms with Crippen molar-refractivity contribution in [1.82, 2.24) is 0 Å². The number of methoxy groups -OCH3 is 2. The monoisotopic (exact) mass is 318 g/mol. The van der Waals surface area contributed by atoms with E-state index < -0.39 is 0 Å². The molecule has 0 aliphatic rings. The number of hydrogen-bond acceptors (Lipinski definition) is 2. The molecule has 0 radical (unpaired) electrons. The lowest BCUT2D eigenvalue weighted by atomic mass is 9.89. The molecule has 2 nitrogen and oxygen atoms in total. The van der Waals surface area contributed by atoms with Gasteiger partial charge in [0.15, 0.2) is 0 Å². The van der Waals surface area contributed by atoms with Gasteiger partial charge in [0, 0.05) is 11.1 Å². The largest absolute Gasteiger partial charge is 0.496 e. The van der Waals surface area contributed by atoms with E-state index in [0.717, 1.165) is 29.0 Å². The Morgan fingerprint density at radius 3 is 1.42 bits per heavy atom. The first-order chi connectivity index (χ1) is 11.8. The Bertz CT molecular complexity index is 771. The van der Waals surface area contributed by atoms with Gasteiger partial charge >= 0.3 is 0 Å². The predicted molar refractivity (Wildman–Crippen MR) is 99.8 cm³/mol. The lowest BCUT2D eigenvalue weighted by Crippen LogP contribution is -1.96. The summed E-state index contributed by atoms with van der Waals surface area (Å²) in [5.74, 6) is 1.79. The van der Waals surface area contributed by atoms with Crippen LogP contribution in [0, 0.1) is 0 Å². The summed E-state index contributed by atoms with van der Waals surface area (Å²) < 4.78 is 11.1. The third-order valence-corrected chi connectivity index (χ3v) is 4.32. The van der Waals surface area contributed by atoms with Crippen LogP contribution < -0.4 is 9.47 Å². The Kier molecular flexibility index (Phi) is 4.85. The molecule has 0 unspecified atom stereocenters. The van der Waals surface area contributed by atoms with Gasteiger partial charge in [-0.2, -0.15) is 0 Å². The molecule has 3 aromatic rings. The van der Waals surface area contributed by atoms with Gasteiger partial charge in [-0.15, -0.1) is 0 Å². The predicted octanol–water partition coefficient (Wildman–Crippen LogP) is 5.60. The third-order valence-electron chi connectivity index (χ3n) is 4.32. The van der Waals surface area contributed by atoms with Crippen molar-refractivity contribution in [2.75, 3.05) is 14.2 Å². The Morgan fingerprint density at radius 1 is 0.583 bits per heavy atom. The van der Waals surface area contributed by atoms with E-state index in [2.05, 4.69) is 37.3 Å². The van der Waals surface area contributed by atoms with Crippen molar-refractivity contribution in [2.24, 2.45) is 0 Å². The summed E-state index contributed by atoms with van der Waals surface area (Å²) in [7, 11) is 3.43. The van der Waals surface area contributed by atoms with Crippen molar-refractivity contribution in [3.05, 3.63) is 72.3 Å². The van der Waals surface area contributed by atoms with E-state index in [9.17, 15) is 0 Å². The highest BCUT2D eigenvalue weighted by Crippen LogP contribution is 2.39. The summed E-state index contributed by atoms with van der Waals surface area (Å²) in [6.45, 7) is 2.19. The van der Waals surface area contributed by atoms with Crippen molar-refractivity contribution < 1.29 is 9.47 Å². The Labute approximate surface area is 143 Å². The molecule has 0 saturated heterocycles. The summed E-state index contributed by atoms with van der Waals surface area (Å²) in [5, 5.41) is 0. The summed E-state index contributed by atoms with van der Waals surface area (Å²) in [4.78, 5) is 0. The van der Waals surface area contributed by atoms with Gasteiger partial charge in [0.05, 0.1) is 14.2 Å². The number of benzene rings is 3. The van der Waals surface area contributed by atoms with Gasteiger partial charge < -0.3 is 9.47 Å². The molecule has 0 fully saturated rings. The second-order valence-electron chi connectivity index (χ2n) is 5.59. The second kappa shape index (κ2) is 7.22. The highest BCUT2D eigenvalue weighted by Gasteiger charge is 2.15. The number of hydrogen-bond donors (Lipinski definition) is 0. The van der Waals surface area contributed by atoms with Crippen LogP contribution in [0.25, 0.3) is 22.3 Å². The molecule has 3 aromatic carbocycles. The van der Waals surface area contributed by atoms with Crippen LogP contribution in [-0.4, -0.2) is 14.2 Å². The average molecular weight is 318 g/mol. The zero-order chi connectivity index (χ0) is 16.9. The molecule has 122 valence electrons. The zero-order valence-corrected chi connectivity index (χ0v) is 14.4. The van der Waals surface area contributed by atoms with Gasteiger partial charge in [-0.1, -0.05) is 61.5 Å². The number of rotatable bonds is 5. The van der Waals surface area contributed by atoms with E-state index in [4.69, 9.17) is 9.47 Å². The second-order valence-corrected chi connectivity index (χ2v) is 5.59. The first-order valence-corrected chi connectivity index (χ1v) is 8.18. The average Bonchev–Trinajstić information content (AvgIpc) is 2.67. The van der Waals surface area contributed by atoms with Crippen molar-refractivity contribution in [3.8, 4) is 33.8 Å². The number of ether oxygens (including phenoxy) is 2. The molecule has 0 aliphatic heterocycles. The standard InChI is InChI=1S/C22H22O2/c1-4-16-17(19-10-5-7-14-21(19)23-2)12-9-13-18(16)20-11-6-8-15-22(20)24-3/h5-15H,4H2,1-3H3. The van der Waals surface area contributed by atoms with E-state index in [1.54, 1.807) is 14.2 Å². The molecule has 3 rings (SSSR count). The fourth-order valence-electron chi connectivity index (χ4n) is 3.21. The molecule has 0 heterocycles. The van der Waals surface area contributed by atoms with E-state index in [0.29, 0.717) is 0 Å². The van der Waals surface area contributed by atoms with E-state index in [1.807, 2.05) is 36.4 Å². The number of para-hydroxylation sites is 2. The molecule has 24 heavy (non-hydrogen) atoms. The minimum atomic E-state index is 0.893. The molecule has 0 N–H and O–H groups in total. The summed E-state index contributed by atoms with van der Waals surface area (Å²) in [5.41, 5.74) is 5.95. The van der Waals surface area contributed by atoms with Crippen LogP contribution in [0.15, 0.2) is 66.7 Å². The molecule has 0 aliphatic carbocycles. The van der Waals surface area contributed by atoms with Gasteiger partial charge in [0.2, 0.25) is 0 Å². The lowest BCUT2D eigenvalue weighted by Gasteiger charge is -2.17. The molecular formula is C22H22O2. The maximum Gasteiger partial charge on any atom is 0.126 e. The Hall–Kier alpha value is -2.74. The van der Waals surface area contributed by atoms with Gasteiger partial charge in [0.1, 0.15) is 11.5 Å². The maximum atomic E-state index is 5.57. The molecule has 0 spiro atoms. The minimum absolute atomic E-state index is 0.893. The topological polar surface area (TPSA) is 18.5 Å². The van der Waals surface area contributed by atoms with E-state index in [-0.39, 0.29) is 0 Å². The van der Waals surface area contributed by atoms with Crippen LogP contribution in [0.3, 0.4) is 0 Å². The molecule has 0 aromatic heterocycles. The van der Waals surface area contributed by atoms with Gasteiger partial charge in [-0.3, -0.25) is 0 Å². The fraction of sp³-hybridized carbons (Fsp3) is 0.182. The van der Waals surface area contributed by atoms with Crippen LogP contribution in [-0.2, 0) is 6.42 Å². The van der Waals surface area contributed by atoms with Crippen LogP contribution in [0.2, 0.25) is 0 Å². The first kappa shape index (κ1) is 16.1. The SMILES string of the molecule is CCc1c(-c2ccccc2OC)cccc1-c1ccccc1OC.